The van der Waals surface area contributed by atoms with Gasteiger partial charge in [-0.3, -0.25) is 0 Å². The fourth-order valence-corrected chi connectivity index (χ4v) is 2.66. The minimum absolute atomic E-state index is 0.0519. The topological polar surface area (TPSA) is 83.8 Å². The smallest absolute Gasteiger partial charge is 0.336 e. The molecule has 0 fully saturated rings. The maximum Gasteiger partial charge on any atom is 0.336 e. The van der Waals surface area contributed by atoms with E-state index in [-0.39, 0.29) is 11.1 Å². The highest BCUT2D eigenvalue weighted by molar-refractivity contribution is 7.99. The van der Waals surface area contributed by atoms with Gasteiger partial charge in [0, 0.05) is 9.79 Å². The molecule has 0 aromatic heterocycles. The van der Waals surface area contributed by atoms with Crippen molar-refractivity contribution in [3.63, 3.8) is 0 Å². The maximum atomic E-state index is 11.2. The molecule has 0 unspecified atom stereocenters. The Morgan fingerprint density at radius 3 is 2.19 bits per heavy atom. The van der Waals surface area contributed by atoms with E-state index in [1.54, 1.807) is 31.4 Å². The molecule has 0 radical (unpaired) electrons. The standard InChI is InChI=1S/C15H12O5S/c1-20-10-3-5-11(6-4-10)21-13-8-9(14(16)17)2-7-12(13)15(18)19/h2-8H,1H3,(H,16,17)(H,18,19). The monoisotopic (exact) mass is 304 g/mol. The predicted octanol–water partition coefficient (Wildman–Crippen LogP) is 3.24. The first-order valence-electron chi connectivity index (χ1n) is 5.94. The van der Waals surface area contributed by atoms with Crippen molar-refractivity contribution in [2.24, 2.45) is 0 Å². The lowest BCUT2D eigenvalue weighted by Crippen LogP contribution is -2.02. The van der Waals surface area contributed by atoms with E-state index in [2.05, 4.69) is 0 Å². The molecule has 0 aliphatic heterocycles. The van der Waals surface area contributed by atoms with Crippen molar-refractivity contribution in [1.29, 1.82) is 0 Å². The van der Waals surface area contributed by atoms with Crippen LogP contribution in [0.2, 0.25) is 0 Å². The molecule has 0 amide bonds. The number of hydrogen-bond donors (Lipinski definition) is 2. The zero-order valence-corrected chi connectivity index (χ0v) is 11.9. The van der Waals surface area contributed by atoms with Gasteiger partial charge in [0.1, 0.15) is 5.75 Å². The molecule has 0 atom stereocenters. The molecule has 2 N–H and O–H groups in total. The summed E-state index contributed by atoms with van der Waals surface area (Å²) in [5.41, 5.74) is 0.122. The molecule has 0 bridgehead atoms. The van der Waals surface area contributed by atoms with Gasteiger partial charge in [0.25, 0.3) is 0 Å². The molecular formula is C15H12O5S. The van der Waals surface area contributed by atoms with Crippen LogP contribution in [0.5, 0.6) is 5.75 Å². The summed E-state index contributed by atoms with van der Waals surface area (Å²) in [5.74, 6) is -1.50. The van der Waals surface area contributed by atoms with E-state index < -0.39 is 11.9 Å². The van der Waals surface area contributed by atoms with Crippen LogP contribution in [-0.4, -0.2) is 29.3 Å². The fraction of sp³-hybridized carbons (Fsp3) is 0.0667. The minimum Gasteiger partial charge on any atom is -0.497 e. The van der Waals surface area contributed by atoms with Crippen LogP contribution >= 0.6 is 11.8 Å². The molecule has 2 aromatic carbocycles. The lowest BCUT2D eigenvalue weighted by molar-refractivity contribution is 0.0678. The summed E-state index contributed by atoms with van der Waals surface area (Å²) in [4.78, 5) is 23.4. The molecular weight excluding hydrogens is 292 g/mol. The van der Waals surface area contributed by atoms with E-state index in [0.29, 0.717) is 10.6 Å². The van der Waals surface area contributed by atoms with Crippen molar-refractivity contribution in [3.05, 3.63) is 53.6 Å². The van der Waals surface area contributed by atoms with Crippen molar-refractivity contribution in [1.82, 2.24) is 0 Å². The Kier molecular flexibility index (Phi) is 4.49. The second-order valence-electron chi connectivity index (χ2n) is 4.10. The summed E-state index contributed by atoms with van der Waals surface area (Å²) in [5, 5.41) is 18.2. The molecule has 21 heavy (non-hydrogen) atoms. The van der Waals surface area contributed by atoms with Crippen LogP contribution in [0.25, 0.3) is 0 Å². The van der Waals surface area contributed by atoms with Gasteiger partial charge >= 0.3 is 11.9 Å². The van der Waals surface area contributed by atoms with Gasteiger partial charge in [0.15, 0.2) is 0 Å². The molecule has 0 heterocycles. The Balaban J connectivity index is 2.37. The molecule has 108 valence electrons. The first kappa shape index (κ1) is 14.9. The molecule has 2 rings (SSSR count). The van der Waals surface area contributed by atoms with Gasteiger partial charge in [-0.1, -0.05) is 11.8 Å². The average molecular weight is 304 g/mol. The van der Waals surface area contributed by atoms with Crippen molar-refractivity contribution >= 4 is 23.7 Å². The summed E-state index contributed by atoms with van der Waals surface area (Å²) < 4.78 is 5.05. The zero-order chi connectivity index (χ0) is 15.4. The van der Waals surface area contributed by atoms with Crippen molar-refractivity contribution in [2.75, 3.05) is 7.11 Å². The number of benzene rings is 2. The molecule has 6 heteroatoms. The average Bonchev–Trinajstić information content (AvgIpc) is 2.47. The number of rotatable bonds is 5. The van der Waals surface area contributed by atoms with Gasteiger partial charge in [-0.15, -0.1) is 0 Å². The van der Waals surface area contributed by atoms with E-state index in [0.717, 1.165) is 4.90 Å². The van der Waals surface area contributed by atoms with Crippen molar-refractivity contribution in [2.45, 2.75) is 9.79 Å². The molecule has 2 aromatic rings. The number of carboxylic acid groups (broad SMARTS) is 2. The quantitative estimate of drug-likeness (QED) is 0.882. The van der Waals surface area contributed by atoms with Gasteiger partial charge in [-0.2, -0.15) is 0 Å². The van der Waals surface area contributed by atoms with Gasteiger partial charge in [0.05, 0.1) is 18.2 Å². The third-order valence-corrected chi connectivity index (χ3v) is 3.81. The summed E-state index contributed by atoms with van der Waals surface area (Å²) in [6.45, 7) is 0. The van der Waals surface area contributed by atoms with E-state index >= 15 is 0 Å². The highest BCUT2D eigenvalue weighted by Crippen LogP contribution is 2.32. The van der Waals surface area contributed by atoms with Gasteiger partial charge < -0.3 is 14.9 Å². The Morgan fingerprint density at radius 1 is 1.00 bits per heavy atom. The summed E-state index contributed by atoms with van der Waals surface area (Å²) in [6.07, 6.45) is 0. The van der Waals surface area contributed by atoms with Crippen molar-refractivity contribution in [3.8, 4) is 5.75 Å². The Hall–Kier alpha value is -2.47. The van der Waals surface area contributed by atoms with Gasteiger partial charge in [-0.05, 0) is 42.5 Å². The van der Waals surface area contributed by atoms with Gasteiger partial charge in [-0.25, -0.2) is 9.59 Å². The summed E-state index contributed by atoms with van der Waals surface area (Å²) in [7, 11) is 1.56. The van der Waals surface area contributed by atoms with Crippen LogP contribution < -0.4 is 4.74 Å². The number of carboxylic acids is 2. The highest BCUT2D eigenvalue weighted by Gasteiger charge is 2.14. The molecule has 0 aliphatic carbocycles. The first-order chi connectivity index (χ1) is 10.0. The number of methoxy groups -OCH3 is 1. The lowest BCUT2D eigenvalue weighted by atomic mass is 10.1. The SMILES string of the molecule is COc1ccc(Sc2cc(C(=O)O)ccc2C(=O)O)cc1. The molecule has 0 aliphatic rings. The van der Waals surface area contributed by atoms with Gasteiger partial charge in [0.2, 0.25) is 0 Å². The van der Waals surface area contributed by atoms with Crippen LogP contribution in [0.3, 0.4) is 0 Å². The highest BCUT2D eigenvalue weighted by atomic mass is 32.2. The zero-order valence-electron chi connectivity index (χ0n) is 11.1. The normalized spacial score (nSPS) is 10.1. The van der Waals surface area contributed by atoms with Crippen LogP contribution in [-0.2, 0) is 0 Å². The first-order valence-corrected chi connectivity index (χ1v) is 6.75. The number of carbonyl (C=O) groups is 2. The Morgan fingerprint density at radius 2 is 1.67 bits per heavy atom. The Labute approximate surface area is 125 Å². The molecule has 0 spiro atoms. The van der Waals surface area contributed by atoms with E-state index in [9.17, 15) is 14.7 Å². The minimum atomic E-state index is -1.09. The fourth-order valence-electron chi connectivity index (χ4n) is 1.69. The second-order valence-corrected chi connectivity index (χ2v) is 5.21. The van der Waals surface area contributed by atoms with Crippen LogP contribution in [0.1, 0.15) is 20.7 Å². The third kappa shape index (κ3) is 3.55. The molecule has 0 saturated heterocycles. The Bertz CT molecular complexity index is 679. The predicted molar refractivity (Wildman–Crippen MR) is 77.5 cm³/mol. The maximum absolute atomic E-state index is 11.2. The largest absolute Gasteiger partial charge is 0.497 e. The van der Waals surface area contributed by atoms with Crippen LogP contribution in [0.15, 0.2) is 52.3 Å². The third-order valence-electron chi connectivity index (χ3n) is 2.75. The number of ether oxygens (including phenoxy) is 1. The van der Waals surface area contributed by atoms with Crippen molar-refractivity contribution < 1.29 is 24.5 Å². The summed E-state index contributed by atoms with van der Waals surface area (Å²) in [6, 6.07) is 11.0. The summed E-state index contributed by atoms with van der Waals surface area (Å²) >= 11 is 1.19. The van der Waals surface area contributed by atoms with Crippen LogP contribution in [0.4, 0.5) is 0 Å². The second kappa shape index (κ2) is 6.32. The lowest BCUT2D eigenvalue weighted by Gasteiger charge is -2.08. The molecule has 0 saturated carbocycles. The van der Waals surface area contributed by atoms with E-state index in [4.69, 9.17) is 9.84 Å². The van der Waals surface area contributed by atoms with Crippen LogP contribution in [0, 0.1) is 0 Å². The van der Waals surface area contributed by atoms with E-state index in [1.807, 2.05) is 0 Å². The number of hydrogen-bond acceptors (Lipinski definition) is 4. The molecule has 5 nitrogen and oxygen atoms in total. The van der Waals surface area contributed by atoms with E-state index in [1.165, 1.54) is 30.0 Å². The number of aromatic carboxylic acids is 2.